The minimum Gasteiger partial charge on any atom is -0.465 e. The molecule has 0 unspecified atom stereocenters. The summed E-state index contributed by atoms with van der Waals surface area (Å²) in [7, 11) is 1.31. The summed E-state index contributed by atoms with van der Waals surface area (Å²) in [5, 5.41) is 2.44. The first-order valence-electron chi connectivity index (χ1n) is 11.3. The van der Waals surface area contributed by atoms with Gasteiger partial charge in [0.25, 0.3) is 5.91 Å². The van der Waals surface area contributed by atoms with Gasteiger partial charge in [0.1, 0.15) is 11.5 Å². The number of aryl methyl sites for hydroxylation is 1. The number of methoxy groups -OCH3 is 1. The number of nitrogens with one attached hydrogen (secondary N) is 1. The topological polar surface area (TPSA) is 93.5 Å². The summed E-state index contributed by atoms with van der Waals surface area (Å²) in [5.41, 5.74) is 1.84. The highest BCUT2D eigenvalue weighted by atomic mass is 19.4. The van der Waals surface area contributed by atoms with Crippen molar-refractivity contribution < 1.29 is 32.3 Å². The third-order valence-electron chi connectivity index (χ3n) is 5.54. The molecule has 1 aliphatic rings. The molecule has 1 aromatic carbocycles. The molecule has 3 rings (SSSR count). The smallest absolute Gasteiger partial charge is 0.389 e. The number of aromatic nitrogens is 2. The van der Waals surface area contributed by atoms with E-state index >= 15 is 0 Å². The van der Waals surface area contributed by atoms with Gasteiger partial charge in [-0.15, -0.1) is 0 Å². The molecular weight excluding hydrogens is 465 g/mol. The van der Waals surface area contributed by atoms with Crippen molar-refractivity contribution in [1.29, 1.82) is 0 Å². The van der Waals surface area contributed by atoms with Gasteiger partial charge in [-0.05, 0) is 36.6 Å². The Kier molecular flexibility index (Phi) is 8.31. The van der Waals surface area contributed by atoms with Crippen molar-refractivity contribution in [3.63, 3.8) is 0 Å². The molecular formula is C24H27F3N4O4. The third-order valence-corrected chi connectivity index (χ3v) is 5.54. The molecule has 0 atom stereocenters. The van der Waals surface area contributed by atoms with Crippen LogP contribution in [0.4, 0.5) is 18.0 Å². The number of carbonyl (C=O) groups excluding carboxylic acids is 3. The molecule has 0 aliphatic carbocycles. The van der Waals surface area contributed by atoms with Crippen LogP contribution >= 0.6 is 0 Å². The van der Waals surface area contributed by atoms with Crippen LogP contribution in [0, 0.1) is 0 Å². The quantitative estimate of drug-likeness (QED) is 0.303. The van der Waals surface area contributed by atoms with E-state index in [1.807, 2.05) is 4.57 Å². The van der Waals surface area contributed by atoms with Crippen LogP contribution in [0.15, 0.2) is 36.2 Å². The summed E-state index contributed by atoms with van der Waals surface area (Å²) in [6, 6.07) is 6.14. The fourth-order valence-corrected chi connectivity index (χ4v) is 3.67. The van der Waals surface area contributed by atoms with E-state index in [-0.39, 0.29) is 18.7 Å². The largest absolute Gasteiger partial charge is 0.465 e. The van der Waals surface area contributed by atoms with Crippen molar-refractivity contribution in [1.82, 2.24) is 19.8 Å². The van der Waals surface area contributed by atoms with Gasteiger partial charge in [0.05, 0.1) is 24.6 Å². The van der Waals surface area contributed by atoms with Gasteiger partial charge in [-0.3, -0.25) is 9.69 Å². The van der Waals surface area contributed by atoms with Crippen LogP contribution in [-0.2, 0) is 22.5 Å². The normalized spacial score (nSPS) is 15.1. The maximum atomic E-state index is 12.7. The highest BCUT2D eigenvalue weighted by Gasteiger charge is 2.35. The number of esters is 1. The molecule has 1 aromatic heterocycles. The average molecular weight is 492 g/mol. The van der Waals surface area contributed by atoms with Crippen molar-refractivity contribution in [2.45, 2.75) is 51.7 Å². The molecule has 0 spiro atoms. The maximum Gasteiger partial charge on any atom is 0.389 e. The molecule has 8 nitrogen and oxygen atoms in total. The summed E-state index contributed by atoms with van der Waals surface area (Å²) >= 11 is 0. The number of hydrogen-bond acceptors (Lipinski definition) is 5. The number of imidazole rings is 1. The van der Waals surface area contributed by atoms with Crippen LogP contribution in [0.3, 0.4) is 0 Å². The lowest BCUT2D eigenvalue weighted by Gasteiger charge is -2.12. The summed E-state index contributed by atoms with van der Waals surface area (Å²) in [5.74, 6) is -0.333. The predicted octanol–water partition coefficient (Wildman–Crippen LogP) is 4.30. The molecule has 0 bridgehead atoms. The zero-order valence-electron chi connectivity index (χ0n) is 19.5. The second kappa shape index (κ2) is 11.2. The molecule has 0 radical (unpaired) electrons. The summed E-state index contributed by atoms with van der Waals surface area (Å²) in [4.78, 5) is 41.8. The SMILES string of the molecule is CCCCc1ncc(C=C2NC(=O)N(CCCC(F)(F)F)C2=O)n1Cc1ccc(C(=O)OC)cc1. The van der Waals surface area contributed by atoms with Crippen LogP contribution in [0.5, 0.6) is 0 Å². The standard InChI is InChI=1S/C24H27F3N4O4/c1-3-4-6-20-28-14-18(31(20)15-16-7-9-17(10-8-16)22(33)35-2)13-19-21(32)30(23(34)29-19)12-5-11-24(25,26)27/h7-10,13-14H,3-6,11-12,15H2,1-2H3,(H,29,34). The second-order valence-corrected chi connectivity index (χ2v) is 8.14. The van der Waals surface area contributed by atoms with E-state index in [1.54, 1.807) is 30.5 Å². The van der Waals surface area contributed by atoms with E-state index in [9.17, 15) is 27.6 Å². The number of benzene rings is 1. The van der Waals surface area contributed by atoms with Gasteiger partial charge in [-0.2, -0.15) is 13.2 Å². The fourth-order valence-electron chi connectivity index (χ4n) is 3.67. The summed E-state index contributed by atoms with van der Waals surface area (Å²) < 4.78 is 43.9. The van der Waals surface area contributed by atoms with E-state index in [2.05, 4.69) is 17.2 Å². The number of ether oxygens (including phenoxy) is 1. The Morgan fingerprint density at radius 1 is 1.17 bits per heavy atom. The van der Waals surface area contributed by atoms with Crippen LogP contribution in [-0.4, -0.2) is 52.2 Å². The summed E-state index contributed by atoms with van der Waals surface area (Å²) in [6.45, 7) is 2.13. The number of hydrogen-bond donors (Lipinski definition) is 1. The van der Waals surface area contributed by atoms with Gasteiger partial charge in [0.2, 0.25) is 0 Å². The van der Waals surface area contributed by atoms with E-state index < -0.39 is 30.5 Å². The van der Waals surface area contributed by atoms with Crippen LogP contribution in [0.25, 0.3) is 6.08 Å². The van der Waals surface area contributed by atoms with E-state index in [1.165, 1.54) is 13.2 Å². The first-order valence-corrected chi connectivity index (χ1v) is 11.3. The van der Waals surface area contributed by atoms with Gasteiger partial charge in [0, 0.05) is 25.9 Å². The van der Waals surface area contributed by atoms with Crippen molar-refractivity contribution in [2.24, 2.45) is 0 Å². The molecule has 1 saturated heterocycles. The average Bonchev–Trinajstić information content (AvgIpc) is 3.31. The first kappa shape index (κ1) is 26.0. The Morgan fingerprint density at radius 3 is 2.51 bits per heavy atom. The summed E-state index contributed by atoms with van der Waals surface area (Å²) in [6.07, 6.45) is -0.169. The molecule has 2 aromatic rings. The number of urea groups is 1. The second-order valence-electron chi connectivity index (χ2n) is 8.14. The molecule has 2 heterocycles. The lowest BCUT2D eigenvalue weighted by Crippen LogP contribution is -2.32. The first-order chi connectivity index (χ1) is 16.6. The molecule has 3 amide bonds. The molecule has 1 fully saturated rings. The molecule has 0 saturated carbocycles. The van der Waals surface area contributed by atoms with Crippen molar-refractivity contribution in [3.05, 3.63) is 58.8 Å². The maximum absolute atomic E-state index is 12.7. The van der Waals surface area contributed by atoms with Gasteiger partial charge in [-0.1, -0.05) is 25.5 Å². The molecule has 11 heteroatoms. The molecule has 35 heavy (non-hydrogen) atoms. The van der Waals surface area contributed by atoms with Crippen molar-refractivity contribution >= 4 is 24.0 Å². The van der Waals surface area contributed by atoms with Gasteiger partial charge >= 0.3 is 18.2 Å². The molecule has 1 aliphatic heterocycles. The Labute approximate surface area is 200 Å². The Balaban J connectivity index is 1.82. The number of rotatable bonds is 10. The number of alkyl halides is 3. The van der Waals surface area contributed by atoms with Crippen molar-refractivity contribution in [2.75, 3.05) is 13.7 Å². The number of unbranched alkanes of at least 4 members (excludes halogenated alkanes) is 1. The van der Waals surface area contributed by atoms with Crippen LogP contribution < -0.4 is 5.32 Å². The van der Waals surface area contributed by atoms with Gasteiger partial charge in [-0.25, -0.2) is 14.6 Å². The number of amides is 3. The van der Waals surface area contributed by atoms with Crippen molar-refractivity contribution in [3.8, 4) is 0 Å². The Hall–Kier alpha value is -3.63. The zero-order chi connectivity index (χ0) is 25.6. The number of imide groups is 1. The highest BCUT2D eigenvalue weighted by Crippen LogP contribution is 2.23. The van der Waals surface area contributed by atoms with E-state index in [0.29, 0.717) is 24.2 Å². The van der Waals surface area contributed by atoms with E-state index in [0.717, 1.165) is 29.1 Å². The van der Waals surface area contributed by atoms with E-state index in [4.69, 9.17) is 4.74 Å². The minimum atomic E-state index is -4.35. The lowest BCUT2D eigenvalue weighted by molar-refractivity contribution is -0.137. The number of carbonyl (C=O) groups is 3. The monoisotopic (exact) mass is 492 g/mol. The Bertz CT molecular complexity index is 1110. The van der Waals surface area contributed by atoms with Crippen LogP contribution in [0.2, 0.25) is 0 Å². The van der Waals surface area contributed by atoms with Gasteiger partial charge < -0.3 is 14.6 Å². The van der Waals surface area contributed by atoms with Crippen LogP contribution in [0.1, 0.15) is 60.0 Å². The minimum absolute atomic E-state index is 0.0220. The third kappa shape index (κ3) is 6.71. The predicted molar refractivity (Wildman–Crippen MR) is 121 cm³/mol. The highest BCUT2D eigenvalue weighted by molar-refractivity contribution is 6.13. The Morgan fingerprint density at radius 2 is 1.89 bits per heavy atom. The molecule has 1 N–H and O–H groups in total. The number of halogens is 3. The van der Waals surface area contributed by atoms with Gasteiger partial charge in [0.15, 0.2) is 0 Å². The molecule has 188 valence electrons. The zero-order valence-corrected chi connectivity index (χ0v) is 19.5. The fraction of sp³-hybridized carbons (Fsp3) is 0.417. The lowest BCUT2D eigenvalue weighted by atomic mass is 10.1. The number of nitrogens with zero attached hydrogens (tertiary/aromatic N) is 3.